The molecule has 0 N–H and O–H groups in total. The number of carbonyl (C=O) groups is 1. The number of carbonyl (C=O) groups excluding carboxylic acids is 1. The lowest BCUT2D eigenvalue weighted by Crippen LogP contribution is -2.18. The van der Waals surface area contributed by atoms with Crippen LogP contribution in [-0.4, -0.2) is 17.0 Å². The molecule has 2 rings (SSSR count). The van der Waals surface area contributed by atoms with Gasteiger partial charge in [-0.25, -0.2) is 0 Å². The van der Waals surface area contributed by atoms with Gasteiger partial charge in [-0.2, -0.15) is 0 Å². The molecule has 0 aliphatic carbocycles. The van der Waals surface area contributed by atoms with Crippen LogP contribution in [0.4, 0.5) is 0 Å². The second-order valence-corrected chi connectivity index (χ2v) is 6.38. The van der Waals surface area contributed by atoms with Crippen LogP contribution in [0.2, 0.25) is 0 Å². The molecule has 0 spiro atoms. The zero-order chi connectivity index (χ0) is 14.0. The SMILES string of the molecule is O=C(OC=Cc1ccccc1)C1CCCCCCCS1. The van der Waals surface area contributed by atoms with Gasteiger partial charge < -0.3 is 4.74 Å². The van der Waals surface area contributed by atoms with Crippen LogP contribution in [0.5, 0.6) is 0 Å². The zero-order valence-electron chi connectivity index (χ0n) is 11.8. The Labute approximate surface area is 125 Å². The van der Waals surface area contributed by atoms with Crippen LogP contribution >= 0.6 is 11.8 Å². The summed E-state index contributed by atoms with van der Waals surface area (Å²) in [7, 11) is 0. The van der Waals surface area contributed by atoms with E-state index in [4.69, 9.17) is 4.74 Å². The van der Waals surface area contributed by atoms with Crippen molar-refractivity contribution >= 4 is 23.8 Å². The van der Waals surface area contributed by atoms with E-state index in [9.17, 15) is 4.79 Å². The number of hydrogen-bond acceptors (Lipinski definition) is 3. The summed E-state index contributed by atoms with van der Waals surface area (Å²) in [6, 6.07) is 9.88. The summed E-state index contributed by atoms with van der Waals surface area (Å²) in [5, 5.41) is 0.00789. The molecule has 0 aromatic heterocycles. The van der Waals surface area contributed by atoms with E-state index in [1.807, 2.05) is 36.4 Å². The van der Waals surface area contributed by atoms with Gasteiger partial charge >= 0.3 is 5.97 Å². The molecule has 20 heavy (non-hydrogen) atoms. The first-order chi connectivity index (χ1) is 9.86. The van der Waals surface area contributed by atoms with E-state index in [0.29, 0.717) is 0 Å². The Balaban J connectivity index is 1.81. The Morgan fingerprint density at radius 1 is 1.10 bits per heavy atom. The van der Waals surface area contributed by atoms with Crippen molar-refractivity contribution in [2.75, 3.05) is 5.75 Å². The zero-order valence-corrected chi connectivity index (χ0v) is 12.6. The van der Waals surface area contributed by atoms with Crippen molar-refractivity contribution < 1.29 is 9.53 Å². The number of rotatable bonds is 3. The van der Waals surface area contributed by atoms with Crippen LogP contribution < -0.4 is 0 Å². The largest absolute Gasteiger partial charge is 0.434 e. The molecule has 0 bridgehead atoms. The highest BCUT2D eigenvalue weighted by Crippen LogP contribution is 2.24. The van der Waals surface area contributed by atoms with Gasteiger partial charge in [-0.05, 0) is 30.2 Å². The molecule has 0 radical (unpaired) electrons. The number of ether oxygens (including phenoxy) is 1. The molecular weight excluding hydrogens is 268 g/mol. The fourth-order valence-corrected chi connectivity index (χ4v) is 3.46. The number of esters is 1. The Morgan fingerprint density at radius 3 is 2.70 bits per heavy atom. The predicted molar refractivity (Wildman–Crippen MR) is 85.5 cm³/mol. The average molecular weight is 290 g/mol. The van der Waals surface area contributed by atoms with E-state index in [1.165, 1.54) is 31.9 Å². The van der Waals surface area contributed by atoms with Crippen LogP contribution in [0.3, 0.4) is 0 Å². The van der Waals surface area contributed by atoms with Gasteiger partial charge in [0, 0.05) is 0 Å². The summed E-state index contributed by atoms with van der Waals surface area (Å²) in [6.45, 7) is 0. The summed E-state index contributed by atoms with van der Waals surface area (Å²) >= 11 is 1.76. The van der Waals surface area contributed by atoms with Crippen molar-refractivity contribution in [3.63, 3.8) is 0 Å². The highest BCUT2D eigenvalue weighted by molar-refractivity contribution is 8.00. The Bertz CT molecular complexity index is 418. The third kappa shape index (κ3) is 5.41. The molecule has 0 amide bonds. The second kappa shape index (κ2) is 8.85. The van der Waals surface area contributed by atoms with Crippen LogP contribution in [0.15, 0.2) is 36.6 Å². The van der Waals surface area contributed by atoms with Crippen molar-refractivity contribution in [1.29, 1.82) is 0 Å². The maximum atomic E-state index is 12.1. The molecule has 1 aliphatic heterocycles. The van der Waals surface area contributed by atoms with E-state index in [-0.39, 0.29) is 11.2 Å². The Morgan fingerprint density at radius 2 is 1.85 bits per heavy atom. The van der Waals surface area contributed by atoms with Crippen LogP contribution in [0.25, 0.3) is 6.08 Å². The standard InChI is InChI=1S/C17H22O2S/c18-17(16-11-7-2-1-3-8-14-20-16)19-13-12-15-9-5-4-6-10-15/h4-6,9-10,12-13,16H,1-3,7-8,11,14H2. The van der Waals surface area contributed by atoms with Gasteiger partial charge in [-0.1, -0.05) is 56.0 Å². The van der Waals surface area contributed by atoms with Crippen molar-refractivity contribution in [2.45, 2.75) is 43.8 Å². The van der Waals surface area contributed by atoms with Crippen molar-refractivity contribution in [2.24, 2.45) is 0 Å². The number of thioether (sulfide) groups is 1. The molecule has 108 valence electrons. The molecule has 1 aliphatic rings. The molecule has 1 unspecified atom stereocenters. The minimum absolute atomic E-state index is 0.00789. The summed E-state index contributed by atoms with van der Waals surface area (Å²) in [5.74, 6) is 0.978. The fraction of sp³-hybridized carbons (Fsp3) is 0.471. The van der Waals surface area contributed by atoms with Crippen LogP contribution in [-0.2, 0) is 9.53 Å². The maximum Gasteiger partial charge on any atom is 0.323 e. The first-order valence-electron chi connectivity index (χ1n) is 7.40. The second-order valence-electron chi connectivity index (χ2n) is 5.07. The topological polar surface area (TPSA) is 26.3 Å². The normalized spacial score (nSPS) is 20.9. The fourth-order valence-electron chi connectivity index (χ4n) is 2.28. The van der Waals surface area contributed by atoms with Gasteiger partial charge in [-0.15, -0.1) is 11.8 Å². The monoisotopic (exact) mass is 290 g/mol. The molecule has 1 aromatic carbocycles. The molecule has 1 atom stereocenters. The maximum absolute atomic E-state index is 12.1. The van der Waals surface area contributed by atoms with Gasteiger partial charge in [0.05, 0.1) is 6.26 Å². The summed E-state index contributed by atoms with van der Waals surface area (Å²) in [4.78, 5) is 12.1. The summed E-state index contributed by atoms with van der Waals surface area (Å²) in [5.41, 5.74) is 1.04. The summed E-state index contributed by atoms with van der Waals surface area (Å²) < 4.78 is 5.28. The minimum Gasteiger partial charge on any atom is -0.434 e. The van der Waals surface area contributed by atoms with Crippen LogP contribution in [0.1, 0.15) is 44.1 Å². The number of benzene rings is 1. The smallest absolute Gasteiger partial charge is 0.323 e. The average Bonchev–Trinajstić information content (AvgIpc) is 2.62. The van der Waals surface area contributed by atoms with E-state index >= 15 is 0 Å². The Kier molecular flexibility index (Phi) is 6.72. The minimum atomic E-state index is -0.0934. The summed E-state index contributed by atoms with van der Waals surface area (Å²) in [6.07, 6.45) is 10.5. The Hall–Kier alpha value is -1.22. The molecule has 3 heteroatoms. The lowest BCUT2D eigenvalue weighted by Gasteiger charge is -2.12. The molecular formula is C17H22O2S. The lowest BCUT2D eigenvalue weighted by atomic mass is 10.1. The van der Waals surface area contributed by atoms with Gasteiger partial charge in [0.1, 0.15) is 5.25 Å². The van der Waals surface area contributed by atoms with Crippen molar-refractivity contribution in [1.82, 2.24) is 0 Å². The third-order valence-electron chi connectivity index (χ3n) is 3.44. The predicted octanol–water partition coefficient (Wildman–Crippen LogP) is 4.66. The van der Waals surface area contributed by atoms with Crippen molar-refractivity contribution in [3.8, 4) is 0 Å². The van der Waals surface area contributed by atoms with E-state index < -0.39 is 0 Å². The van der Waals surface area contributed by atoms with Crippen molar-refractivity contribution in [3.05, 3.63) is 42.2 Å². The first-order valence-corrected chi connectivity index (χ1v) is 8.45. The molecule has 0 saturated carbocycles. The third-order valence-corrected chi connectivity index (χ3v) is 4.79. The highest BCUT2D eigenvalue weighted by Gasteiger charge is 2.20. The van der Waals surface area contributed by atoms with E-state index in [0.717, 1.165) is 24.2 Å². The van der Waals surface area contributed by atoms with Crippen LogP contribution in [0, 0.1) is 0 Å². The highest BCUT2D eigenvalue weighted by atomic mass is 32.2. The van der Waals surface area contributed by atoms with Gasteiger partial charge in [0.25, 0.3) is 0 Å². The van der Waals surface area contributed by atoms with Gasteiger partial charge in [-0.3, -0.25) is 4.79 Å². The molecule has 1 fully saturated rings. The molecule has 2 nitrogen and oxygen atoms in total. The molecule has 1 aromatic rings. The van der Waals surface area contributed by atoms with Gasteiger partial charge in [0.15, 0.2) is 0 Å². The first kappa shape index (κ1) is 15.2. The quantitative estimate of drug-likeness (QED) is 0.598. The van der Waals surface area contributed by atoms with E-state index in [2.05, 4.69) is 0 Å². The lowest BCUT2D eigenvalue weighted by molar-refractivity contribution is -0.137. The number of hydrogen-bond donors (Lipinski definition) is 0. The molecule has 1 heterocycles. The molecule has 1 saturated heterocycles. The van der Waals surface area contributed by atoms with E-state index in [1.54, 1.807) is 11.8 Å². The van der Waals surface area contributed by atoms with Gasteiger partial charge in [0.2, 0.25) is 0 Å².